The lowest BCUT2D eigenvalue weighted by atomic mass is 10.1. The van der Waals surface area contributed by atoms with Crippen LogP contribution in [0.5, 0.6) is 0 Å². The Kier molecular flexibility index (Phi) is 10.2. The molecule has 2 aliphatic heterocycles. The lowest BCUT2D eigenvalue weighted by Crippen LogP contribution is -2.50. The van der Waals surface area contributed by atoms with Crippen LogP contribution < -0.4 is 10.6 Å². The van der Waals surface area contributed by atoms with Crippen LogP contribution in [0.3, 0.4) is 0 Å². The van der Waals surface area contributed by atoms with Crippen LogP contribution in [0.25, 0.3) is 0 Å². The molecule has 1 saturated heterocycles. The lowest BCUT2D eigenvalue weighted by molar-refractivity contribution is -0.138. The van der Waals surface area contributed by atoms with Crippen molar-refractivity contribution in [1.82, 2.24) is 15.5 Å². The molecule has 0 bridgehead atoms. The second-order valence-corrected chi connectivity index (χ2v) is 4.79. The van der Waals surface area contributed by atoms with Crippen LogP contribution in [0.1, 0.15) is 13.3 Å². The van der Waals surface area contributed by atoms with Gasteiger partial charge in [-0.25, -0.2) is 0 Å². The molecular formula is C13H25Cl2N3O2. The predicted molar refractivity (Wildman–Crippen MR) is 84.9 cm³/mol. The smallest absolute Gasteiger partial charge is 0.250 e. The second kappa shape index (κ2) is 10.4. The van der Waals surface area contributed by atoms with Crippen molar-refractivity contribution >= 4 is 30.7 Å². The van der Waals surface area contributed by atoms with Gasteiger partial charge in [-0.1, -0.05) is 18.6 Å². The molecule has 0 aromatic heterocycles. The van der Waals surface area contributed by atoms with Crippen LogP contribution >= 0.6 is 24.8 Å². The van der Waals surface area contributed by atoms with Crippen molar-refractivity contribution in [2.24, 2.45) is 0 Å². The zero-order valence-corrected chi connectivity index (χ0v) is 13.5. The van der Waals surface area contributed by atoms with Gasteiger partial charge in [-0.2, -0.15) is 0 Å². The summed E-state index contributed by atoms with van der Waals surface area (Å²) in [6.07, 6.45) is 2.87. The van der Waals surface area contributed by atoms with Gasteiger partial charge in [0.15, 0.2) is 0 Å². The number of rotatable bonds is 4. The van der Waals surface area contributed by atoms with Crippen molar-refractivity contribution in [3.05, 3.63) is 11.6 Å². The highest BCUT2D eigenvalue weighted by Crippen LogP contribution is 2.06. The van der Waals surface area contributed by atoms with Gasteiger partial charge in [-0.05, 0) is 19.5 Å². The van der Waals surface area contributed by atoms with Gasteiger partial charge >= 0.3 is 0 Å². The number of hydrogen-bond acceptors (Lipinski definition) is 4. The van der Waals surface area contributed by atoms with Crippen LogP contribution in [-0.4, -0.2) is 62.8 Å². The van der Waals surface area contributed by atoms with Crippen LogP contribution in [0, 0.1) is 0 Å². The molecule has 20 heavy (non-hydrogen) atoms. The summed E-state index contributed by atoms with van der Waals surface area (Å²) in [4.78, 5) is 14.2. The lowest BCUT2D eigenvalue weighted by Gasteiger charge is -2.31. The predicted octanol–water partition coefficient (Wildman–Crippen LogP) is 0.587. The van der Waals surface area contributed by atoms with Gasteiger partial charge in [0.2, 0.25) is 0 Å². The topological polar surface area (TPSA) is 53.6 Å². The number of hydrogen-bond donors (Lipinski definition) is 2. The third-order valence-corrected chi connectivity index (χ3v) is 3.54. The number of morpholine rings is 1. The van der Waals surface area contributed by atoms with E-state index in [0.29, 0.717) is 19.7 Å². The number of amides is 1. The first-order valence-corrected chi connectivity index (χ1v) is 6.80. The Labute approximate surface area is 133 Å². The van der Waals surface area contributed by atoms with Gasteiger partial charge in [0.1, 0.15) is 6.10 Å². The van der Waals surface area contributed by atoms with Gasteiger partial charge in [0.25, 0.3) is 5.91 Å². The number of ether oxygens (including phenoxy) is 1. The minimum atomic E-state index is -0.305. The minimum Gasteiger partial charge on any atom is -0.366 e. The third kappa shape index (κ3) is 5.97. The van der Waals surface area contributed by atoms with E-state index in [0.717, 1.165) is 32.6 Å². The summed E-state index contributed by atoms with van der Waals surface area (Å²) in [5.41, 5.74) is 1.31. The van der Waals surface area contributed by atoms with E-state index in [-0.39, 0.29) is 36.8 Å². The number of halogens is 2. The molecule has 5 nitrogen and oxygen atoms in total. The number of nitrogens with zero attached hydrogens (tertiary/aromatic N) is 1. The summed E-state index contributed by atoms with van der Waals surface area (Å²) >= 11 is 0. The minimum absolute atomic E-state index is 0. The molecule has 1 amide bonds. The molecule has 2 rings (SSSR count). The molecule has 0 aromatic rings. The normalized spacial score (nSPS) is 23.1. The Morgan fingerprint density at radius 3 is 3.00 bits per heavy atom. The second-order valence-electron chi connectivity index (χ2n) is 4.79. The number of carbonyl (C=O) groups is 1. The van der Waals surface area contributed by atoms with E-state index in [9.17, 15) is 4.79 Å². The Morgan fingerprint density at radius 1 is 1.55 bits per heavy atom. The summed E-state index contributed by atoms with van der Waals surface area (Å²) in [6, 6.07) is 0. The molecule has 2 aliphatic rings. The SMILES string of the molecule is CCN1CCOC(C(=O)NCC2=CCNCC2)C1.Cl.Cl. The quantitative estimate of drug-likeness (QED) is 0.743. The van der Waals surface area contributed by atoms with E-state index in [2.05, 4.69) is 28.5 Å². The number of carbonyl (C=O) groups excluding carboxylic acids is 1. The van der Waals surface area contributed by atoms with Crippen molar-refractivity contribution in [3.8, 4) is 0 Å². The molecule has 0 radical (unpaired) electrons. The fourth-order valence-corrected chi connectivity index (χ4v) is 2.29. The van der Waals surface area contributed by atoms with Crippen molar-refractivity contribution in [2.45, 2.75) is 19.4 Å². The first-order valence-electron chi connectivity index (χ1n) is 6.80. The van der Waals surface area contributed by atoms with Crippen molar-refractivity contribution in [1.29, 1.82) is 0 Å². The van der Waals surface area contributed by atoms with Gasteiger partial charge in [0, 0.05) is 26.2 Å². The van der Waals surface area contributed by atoms with Crippen LogP contribution in [0.4, 0.5) is 0 Å². The molecule has 1 fully saturated rings. The molecular weight excluding hydrogens is 301 g/mol. The largest absolute Gasteiger partial charge is 0.366 e. The molecule has 2 heterocycles. The maximum atomic E-state index is 12.0. The fourth-order valence-electron chi connectivity index (χ4n) is 2.29. The van der Waals surface area contributed by atoms with Crippen molar-refractivity contribution in [2.75, 3.05) is 45.9 Å². The zero-order chi connectivity index (χ0) is 12.8. The Balaban J connectivity index is 0.00000180. The number of nitrogens with one attached hydrogen (secondary N) is 2. The molecule has 0 aliphatic carbocycles. The van der Waals surface area contributed by atoms with E-state index >= 15 is 0 Å². The molecule has 2 N–H and O–H groups in total. The maximum absolute atomic E-state index is 12.0. The highest BCUT2D eigenvalue weighted by molar-refractivity contribution is 5.85. The van der Waals surface area contributed by atoms with Gasteiger partial charge < -0.3 is 15.4 Å². The van der Waals surface area contributed by atoms with Gasteiger partial charge in [-0.15, -0.1) is 24.8 Å². The Morgan fingerprint density at radius 2 is 2.35 bits per heavy atom. The summed E-state index contributed by atoms with van der Waals surface area (Å²) in [5.74, 6) is 0.0209. The molecule has 118 valence electrons. The third-order valence-electron chi connectivity index (χ3n) is 3.54. The molecule has 7 heteroatoms. The van der Waals surface area contributed by atoms with E-state index in [1.807, 2.05) is 0 Å². The van der Waals surface area contributed by atoms with Crippen molar-refractivity contribution < 1.29 is 9.53 Å². The highest BCUT2D eigenvalue weighted by atomic mass is 35.5. The highest BCUT2D eigenvalue weighted by Gasteiger charge is 2.25. The average Bonchev–Trinajstić information content (AvgIpc) is 2.46. The van der Waals surface area contributed by atoms with Gasteiger partial charge in [-0.3, -0.25) is 9.69 Å². The Bertz CT molecular complexity index is 327. The summed E-state index contributed by atoms with van der Waals surface area (Å²) < 4.78 is 5.53. The summed E-state index contributed by atoms with van der Waals surface area (Å²) in [5, 5.41) is 6.24. The molecule has 1 unspecified atom stereocenters. The average molecular weight is 326 g/mol. The number of likely N-dealkylation sites (N-methyl/N-ethyl adjacent to an activating group) is 1. The van der Waals surface area contributed by atoms with Gasteiger partial charge in [0.05, 0.1) is 6.61 Å². The van der Waals surface area contributed by atoms with E-state index < -0.39 is 0 Å². The standard InChI is InChI=1S/C13H23N3O2.2ClH/c1-2-16-7-8-18-12(10-16)13(17)15-9-11-3-5-14-6-4-11;;/h3,12,14H,2,4-10H2,1H3,(H,15,17);2*1H. The van der Waals surface area contributed by atoms with E-state index in [1.54, 1.807) is 0 Å². The summed E-state index contributed by atoms with van der Waals surface area (Å²) in [7, 11) is 0. The van der Waals surface area contributed by atoms with Crippen LogP contribution in [0.2, 0.25) is 0 Å². The first-order chi connectivity index (χ1) is 8.79. The molecule has 0 aromatic carbocycles. The maximum Gasteiger partial charge on any atom is 0.250 e. The first kappa shape index (κ1) is 19.7. The summed E-state index contributed by atoms with van der Waals surface area (Å²) in [6.45, 7) is 7.95. The van der Waals surface area contributed by atoms with Crippen LogP contribution in [0.15, 0.2) is 11.6 Å². The Hall–Kier alpha value is -0.330. The molecule has 0 saturated carbocycles. The fraction of sp³-hybridized carbons (Fsp3) is 0.769. The zero-order valence-electron chi connectivity index (χ0n) is 11.9. The van der Waals surface area contributed by atoms with Crippen LogP contribution in [-0.2, 0) is 9.53 Å². The van der Waals surface area contributed by atoms with Crippen molar-refractivity contribution in [3.63, 3.8) is 0 Å². The van der Waals surface area contributed by atoms with E-state index in [1.165, 1.54) is 5.57 Å². The molecule has 1 atom stereocenters. The monoisotopic (exact) mass is 325 g/mol. The molecule has 0 spiro atoms. The van der Waals surface area contributed by atoms with E-state index in [4.69, 9.17) is 4.74 Å².